The van der Waals surface area contributed by atoms with Crippen molar-refractivity contribution in [2.24, 2.45) is 7.05 Å². The van der Waals surface area contributed by atoms with E-state index < -0.39 is 0 Å². The highest BCUT2D eigenvalue weighted by atomic mass is 16.5. The monoisotopic (exact) mass is 350 g/mol. The molecule has 4 rings (SSSR count). The molecule has 0 saturated heterocycles. The molecule has 132 valence electrons. The average molecular weight is 350 g/mol. The SMILES string of the molecule is Cn1ccc2c(NC(=O)c3ccc4c(c3)OCCCO4)cccc2c1=O. The number of carbonyl (C=O) groups is 1. The minimum Gasteiger partial charge on any atom is -0.490 e. The maximum atomic E-state index is 12.7. The van der Waals surface area contributed by atoms with E-state index in [9.17, 15) is 9.59 Å². The molecule has 0 bridgehead atoms. The highest BCUT2D eigenvalue weighted by Gasteiger charge is 2.15. The van der Waals surface area contributed by atoms with Crippen LogP contribution in [0.2, 0.25) is 0 Å². The minimum absolute atomic E-state index is 0.103. The van der Waals surface area contributed by atoms with Gasteiger partial charge in [0.05, 0.1) is 13.2 Å². The molecule has 0 unspecified atom stereocenters. The van der Waals surface area contributed by atoms with Gasteiger partial charge in [-0.2, -0.15) is 0 Å². The standard InChI is InChI=1S/C20H18N2O4/c1-22-9-8-14-15(20(22)24)4-2-5-16(14)21-19(23)13-6-7-17-18(12-13)26-11-3-10-25-17/h2,4-9,12H,3,10-11H2,1H3,(H,21,23). The molecule has 1 N–H and O–H groups in total. The molecule has 3 aromatic rings. The normalized spacial score (nSPS) is 13.3. The molecule has 0 radical (unpaired) electrons. The Hall–Kier alpha value is -3.28. The molecular formula is C20H18N2O4. The number of aryl methyl sites for hydroxylation is 1. The zero-order valence-electron chi connectivity index (χ0n) is 14.3. The zero-order chi connectivity index (χ0) is 18.1. The van der Waals surface area contributed by atoms with Crippen molar-refractivity contribution in [1.82, 2.24) is 4.57 Å². The Labute approximate surface area is 150 Å². The van der Waals surface area contributed by atoms with Crippen molar-refractivity contribution in [3.05, 3.63) is 64.6 Å². The maximum Gasteiger partial charge on any atom is 0.258 e. The number of carbonyl (C=O) groups excluding carboxylic acids is 1. The summed E-state index contributed by atoms with van der Waals surface area (Å²) in [5.74, 6) is 0.948. The zero-order valence-corrected chi connectivity index (χ0v) is 14.3. The first-order valence-corrected chi connectivity index (χ1v) is 8.43. The van der Waals surface area contributed by atoms with E-state index in [0.29, 0.717) is 46.7 Å². The van der Waals surface area contributed by atoms with E-state index in [4.69, 9.17) is 9.47 Å². The Morgan fingerprint density at radius 3 is 2.69 bits per heavy atom. The van der Waals surface area contributed by atoms with Crippen molar-refractivity contribution in [3.63, 3.8) is 0 Å². The molecule has 6 nitrogen and oxygen atoms in total. The van der Waals surface area contributed by atoms with Crippen LogP contribution >= 0.6 is 0 Å². The lowest BCUT2D eigenvalue weighted by molar-refractivity contribution is 0.102. The van der Waals surface area contributed by atoms with E-state index in [1.54, 1.807) is 49.6 Å². The average Bonchev–Trinajstić information content (AvgIpc) is 2.90. The Bertz CT molecular complexity index is 1060. The van der Waals surface area contributed by atoms with Crippen LogP contribution in [0.3, 0.4) is 0 Å². The van der Waals surface area contributed by atoms with E-state index in [1.165, 1.54) is 4.57 Å². The fourth-order valence-corrected chi connectivity index (χ4v) is 2.98. The molecule has 1 amide bonds. The number of amides is 1. The van der Waals surface area contributed by atoms with E-state index in [1.807, 2.05) is 6.07 Å². The molecule has 0 fully saturated rings. The fraction of sp³-hybridized carbons (Fsp3) is 0.200. The van der Waals surface area contributed by atoms with Gasteiger partial charge in [-0.25, -0.2) is 0 Å². The van der Waals surface area contributed by atoms with Crippen LogP contribution in [0.15, 0.2) is 53.5 Å². The largest absolute Gasteiger partial charge is 0.490 e. The summed E-state index contributed by atoms with van der Waals surface area (Å²) in [7, 11) is 1.70. The summed E-state index contributed by atoms with van der Waals surface area (Å²) >= 11 is 0. The van der Waals surface area contributed by atoms with E-state index in [0.717, 1.165) is 6.42 Å². The molecule has 1 aliphatic rings. The lowest BCUT2D eigenvalue weighted by Gasteiger charge is -2.11. The third-order valence-electron chi connectivity index (χ3n) is 4.38. The van der Waals surface area contributed by atoms with Crippen molar-refractivity contribution < 1.29 is 14.3 Å². The molecule has 1 aromatic heterocycles. The van der Waals surface area contributed by atoms with Crippen molar-refractivity contribution in [3.8, 4) is 11.5 Å². The summed E-state index contributed by atoms with van der Waals surface area (Å²) in [6.07, 6.45) is 2.50. The number of fused-ring (bicyclic) bond motifs is 2. The molecule has 2 heterocycles. The van der Waals surface area contributed by atoms with Crippen molar-refractivity contribution in [2.45, 2.75) is 6.42 Å². The van der Waals surface area contributed by atoms with Gasteiger partial charge in [-0.3, -0.25) is 9.59 Å². The molecule has 26 heavy (non-hydrogen) atoms. The van der Waals surface area contributed by atoms with Crippen LogP contribution in [0.5, 0.6) is 11.5 Å². The third-order valence-corrected chi connectivity index (χ3v) is 4.38. The van der Waals surface area contributed by atoms with Gasteiger partial charge in [-0.05, 0) is 36.4 Å². The first-order valence-electron chi connectivity index (χ1n) is 8.43. The predicted molar refractivity (Wildman–Crippen MR) is 99.2 cm³/mol. The number of benzene rings is 2. The smallest absolute Gasteiger partial charge is 0.258 e. The molecule has 6 heteroatoms. The molecule has 2 aromatic carbocycles. The van der Waals surface area contributed by atoms with Crippen LogP contribution in [0.4, 0.5) is 5.69 Å². The van der Waals surface area contributed by atoms with Gasteiger partial charge in [0.1, 0.15) is 0 Å². The minimum atomic E-state index is -0.270. The highest BCUT2D eigenvalue weighted by Crippen LogP contribution is 2.31. The first-order chi connectivity index (χ1) is 12.6. The van der Waals surface area contributed by atoms with E-state index in [2.05, 4.69) is 5.32 Å². The van der Waals surface area contributed by atoms with Crippen LogP contribution in [0, 0.1) is 0 Å². The topological polar surface area (TPSA) is 69.6 Å². The fourth-order valence-electron chi connectivity index (χ4n) is 2.98. The van der Waals surface area contributed by atoms with Gasteiger partial charge in [0.2, 0.25) is 0 Å². The number of nitrogens with zero attached hydrogens (tertiary/aromatic N) is 1. The van der Waals surface area contributed by atoms with Gasteiger partial charge in [-0.15, -0.1) is 0 Å². The Morgan fingerprint density at radius 1 is 1.04 bits per heavy atom. The van der Waals surface area contributed by atoms with Crippen LogP contribution in [-0.2, 0) is 7.05 Å². The van der Waals surface area contributed by atoms with E-state index >= 15 is 0 Å². The summed E-state index contributed by atoms with van der Waals surface area (Å²) < 4.78 is 12.7. The molecule has 0 atom stereocenters. The third kappa shape index (κ3) is 2.90. The summed E-state index contributed by atoms with van der Waals surface area (Å²) in [4.78, 5) is 24.9. The number of pyridine rings is 1. The van der Waals surface area contributed by atoms with Crippen LogP contribution in [0.1, 0.15) is 16.8 Å². The number of nitrogens with one attached hydrogen (secondary N) is 1. The van der Waals surface area contributed by atoms with Crippen molar-refractivity contribution in [1.29, 1.82) is 0 Å². The first kappa shape index (κ1) is 16.2. The van der Waals surface area contributed by atoms with Crippen LogP contribution in [0.25, 0.3) is 10.8 Å². The van der Waals surface area contributed by atoms with Gasteiger partial charge in [0.25, 0.3) is 11.5 Å². The number of ether oxygens (including phenoxy) is 2. The predicted octanol–water partition coefficient (Wildman–Crippen LogP) is 2.95. The van der Waals surface area contributed by atoms with E-state index in [-0.39, 0.29) is 11.5 Å². The Kier molecular flexibility index (Phi) is 4.08. The van der Waals surface area contributed by atoms with Gasteiger partial charge >= 0.3 is 0 Å². The molecule has 0 spiro atoms. The van der Waals surface area contributed by atoms with Crippen LogP contribution < -0.4 is 20.3 Å². The van der Waals surface area contributed by atoms with Gasteiger partial charge in [0, 0.05) is 41.7 Å². The summed E-state index contributed by atoms with van der Waals surface area (Å²) in [5, 5.41) is 4.16. The molecule has 1 aliphatic heterocycles. The van der Waals surface area contributed by atoms with Crippen molar-refractivity contribution >= 4 is 22.4 Å². The lowest BCUT2D eigenvalue weighted by atomic mass is 10.1. The maximum absolute atomic E-state index is 12.7. The number of aromatic nitrogens is 1. The summed E-state index contributed by atoms with van der Waals surface area (Å²) in [5.41, 5.74) is 0.960. The summed E-state index contributed by atoms with van der Waals surface area (Å²) in [6, 6.07) is 12.2. The van der Waals surface area contributed by atoms with Gasteiger partial charge < -0.3 is 19.4 Å². The molecular weight excluding hydrogens is 332 g/mol. The second-order valence-electron chi connectivity index (χ2n) is 6.16. The second kappa shape index (κ2) is 6.55. The van der Waals surface area contributed by atoms with Gasteiger partial charge in [0.15, 0.2) is 11.5 Å². The number of hydrogen-bond acceptors (Lipinski definition) is 4. The van der Waals surface area contributed by atoms with Crippen molar-refractivity contribution in [2.75, 3.05) is 18.5 Å². The van der Waals surface area contributed by atoms with Gasteiger partial charge in [-0.1, -0.05) is 6.07 Å². The number of hydrogen-bond donors (Lipinski definition) is 1. The summed E-state index contributed by atoms with van der Waals surface area (Å²) in [6.45, 7) is 1.16. The highest BCUT2D eigenvalue weighted by molar-refractivity contribution is 6.09. The van der Waals surface area contributed by atoms with Crippen LogP contribution in [-0.4, -0.2) is 23.7 Å². The Morgan fingerprint density at radius 2 is 1.85 bits per heavy atom. The number of rotatable bonds is 2. The second-order valence-corrected chi connectivity index (χ2v) is 6.16. The molecule has 0 aliphatic carbocycles. The number of anilines is 1. The quantitative estimate of drug-likeness (QED) is 0.771. The lowest BCUT2D eigenvalue weighted by Crippen LogP contribution is -2.17. The Balaban J connectivity index is 1.67. The molecule has 0 saturated carbocycles.